The summed E-state index contributed by atoms with van der Waals surface area (Å²) in [6.45, 7) is 0. The Labute approximate surface area is 124 Å². The van der Waals surface area contributed by atoms with Gasteiger partial charge in [-0.25, -0.2) is 0 Å². The van der Waals surface area contributed by atoms with Crippen LogP contribution in [0.15, 0.2) is 42.5 Å². The topological polar surface area (TPSA) is 26.3 Å². The number of carbonyl (C=O) groups is 1. The third kappa shape index (κ3) is 2.84. The molecule has 92 valence electrons. The minimum Gasteiger partial charge on any atom is -0.497 e. The number of hydrogen-bond acceptors (Lipinski definition) is 2. The Morgan fingerprint density at radius 3 is 2.44 bits per heavy atom. The molecule has 0 radical (unpaired) electrons. The van der Waals surface area contributed by atoms with Gasteiger partial charge < -0.3 is 4.74 Å². The van der Waals surface area contributed by atoms with Crippen molar-refractivity contribution in [3.05, 3.63) is 62.2 Å². The van der Waals surface area contributed by atoms with E-state index in [-0.39, 0.29) is 5.78 Å². The zero-order valence-electron chi connectivity index (χ0n) is 9.61. The quantitative estimate of drug-likeness (QED) is 0.597. The molecule has 0 N–H and O–H groups in total. The van der Waals surface area contributed by atoms with Crippen LogP contribution in [0.1, 0.15) is 15.9 Å². The third-order valence-electron chi connectivity index (χ3n) is 2.53. The largest absolute Gasteiger partial charge is 0.497 e. The van der Waals surface area contributed by atoms with Crippen LogP contribution in [-0.4, -0.2) is 12.9 Å². The summed E-state index contributed by atoms with van der Waals surface area (Å²) < 4.78 is 6.04. The van der Waals surface area contributed by atoms with Crippen molar-refractivity contribution in [1.82, 2.24) is 0 Å². The third-order valence-corrected chi connectivity index (χ3v) is 3.53. The molecule has 0 saturated heterocycles. The van der Waals surface area contributed by atoms with Gasteiger partial charge in [0.15, 0.2) is 5.78 Å². The van der Waals surface area contributed by atoms with E-state index in [1.54, 1.807) is 43.5 Å². The maximum atomic E-state index is 12.3. The molecule has 0 aliphatic heterocycles. The summed E-state index contributed by atoms with van der Waals surface area (Å²) in [5.41, 5.74) is 1.12. The summed E-state index contributed by atoms with van der Waals surface area (Å²) in [5, 5.41) is 0.469. The molecule has 0 aromatic heterocycles. The summed E-state index contributed by atoms with van der Waals surface area (Å²) in [7, 11) is 1.59. The van der Waals surface area contributed by atoms with Crippen molar-refractivity contribution in [2.24, 2.45) is 0 Å². The molecule has 0 amide bonds. The molecule has 0 heterocycles. The Balaban J connectivity index is 2.38. The zero-order chi connectivity index (χ0) is 13.1. The van der Waals surface area contributed by atoms with Crippen molar-refractivity contribution >= 4 is 40.0 Å². The first-order valence-corrected chi connectivity index (χ1v) is 6.71. The van der Waals surface area contributed by atoms with Gasteiger partial charge in [0.25, 0.3) is 0 Å². The SMILES string of the molecule is COc1ccc(C(=O)c2cc(I)ccc2Cl)cc1. The summed E-state index contributed by atoms with van der Waals surface area (Å²) in [4.78, 5) is 12.3. The molecule has 2 aromatic carbocycles. The van der Waals surface area contributed by atoms with E-state index in [0.29, 0.717) is 16.1 Å². The minimum atomic E-state index is -0.0823. The molecule has 0 bridgehead atoms. The molecule has 2 rings (SSSR count). The second-order valence-electron chi connectivity index (χ2n) is 3.68. The highest BCUT2D eigenvalue weighted by Gasteiger charge is 2.13. The Morgan fingerprint density at radius 2 is 1.83 bits per heavy atom. The molecule has 0 aliphatic rings. The Kier molecular flexibility index (Phi) is 4.24. The number of methoxy groups -OCH3 is 1. The molecule has 0 fully saturated rings. The minimum absolute atomic E-state index is 0.0823. The lowest BCUT2D eigenvalue weighted by Crippen LogP contribution is -2.02. The average molecular weight is 373 g/mol. The van der Waals surface area contributed by atoms with Gasteiger partial charge in [-0.2, -0.15) is 0 Å². The Bertz CT molecular complexity index is 579. The van der Waals surface area contributed by atoms with Crippen molar-refractivity contribution < 1.29 is 9.53 Å². The average Bonchev–Trinajstić information content (AvgIpc) is 2.41. The van der Waals surface area contributed by atoms with E-state index in [9.17, 15) is 4.79 Å². The van der Waals surface area contributed by atoms with Gasteiger partial charge in [-0.3, -0.25) is 4.79 Å². The number of benzene rings is 2. The van der Waals surface area contributed by atoms with Crippen LogP contribution in [0, 0.1) is 3.57 Å². The predicted octanol–water partition coefficient (Wildman–Crippen LogP) is 4.18. The Morgan fingerprint density at radius 1 is 1.17 bits per heavy atom. The molecule has 2 aromatic rings. The molecule has 4 heteroatoms. The van der Waals surface area contributed by atoms with E-state index in [1.165, 1.54) is 0 Å². The summed E-state index contributed by atoms with van der Waals surface area (Å²) in [6.07, 6.45) is 0. The highest BCUT2D eigenvalue weighted by atomic mass is 127. The molecule has 0 spiro atoms. The maximum Gasteiger partial charge on any atom is 0.194 e. The first kappa shape index (κ1) is 13.4. The van der Waals surface area contributed by atoms with Crippen LogP contribution in [0.4, 0.5) is 0 Å². The number of carbonyl (C=O) groups excluding carboxylic acids is 1. The van der Waals surface area contributed by atoms with Gasteiger partial charge in [0.2, 0.25) is 0 Å². The van der Waals surface area contributed by atoms with Crippen LogP contribution < -0.4 is 4.74 Å². The van der Waals surface area contributed by atoms with Gasteiger partial charge in [-0.15, -0.1) is 0 Å². The zero-order valence-corrected chi connectivity index (χ0v) is 12.5. The molecule has 0 saturated carbocycles. The van der Waals surface area contributed by atoms with Crippen LogP contribution in [0.2, 0.25) is 5.02 Å². The second kappa shape index (κ2) is 5.71. The highest BCUT2D eigenvalue weighted by molar-refractivity contribution is 14.1. The lowest BCUT2D eigenvalue weighted by molar-refractivity contribution is 0.103. The van der Waals surface area contributed by atoms with E-state index in [0.717, 1.165) is 9.32 Å². The molecule has 18 heavy (non-hydrogen) atoms. The highest BCUT2D eigenvalue weighted by Crippen LogP contribution is 2.23. The second-order valence-corrected chi connectivity index (χ2v) is 5.33. The van der Waals surface area contributed by atoms with E-state index in [2.05, 4.69) is 22.6 Å². The van der Waals surface area contributed by atoms with Crippen molar-refractivity contribution in [1.29, 1.82) is 0 Å². The van der Waals surface area contributed by atoms with Crippen molar-refractivity contribution in [2.75, 3.05) is 7.11 Å². The standard InChI is InChI=1S/C14H10ClIO2/c1-18-11-5-2-9(3-6-11)14(17)12-8-10(16)4-7-13(12)15/h2-8H,1H3. The first-order chi connectivity index (χ1) is 8.61. The number of hydrogen-bond donors (Lipinski definition) is 0. The fraction of sp³-hybridized carbons (Fsp3) is 0.0714. The van der Waals surface area contributed by atoms with Gasteiger partial charge >= 0.3 is 0 Å². The van der Waals surface area contributed by atoms with E-state index in [4.69, 9.17) is 16.3 Å². The van der Waals surface area contributed by atoms with Crippen molar-refractivity contribution in [2.45, 2.75) is 0 Å². The van der Waals surface area contributed by atoms with Gasteiger partial charge in [-0.05, 0) is 65.1 Å². The monoisotopic (exact) mass is 372 g/mol. The van der Waals surface area contributed by atoms with Crippen molar-refractivity contribution in [3.63, 3.8) is 0 Å². The summed E-state index contributed by atoms with van der Waals surface area (Å²) in [5.74, 6) is 0.640. The molecule has 2 nitrogen and oxygen atoms in total. The van der Waals surface area contributed by atoms with Crippen molar-refractivity contribution in [3.8, 4) is 5.75 Å². The predicted molar refractivity (Wildman–Crippen MR) is 80.6 cm³/mol. The number of rotatable bonds is 3. The molecule has 0 aliphatic carbocycles. The van der Waals surface area contributed by atoms with Crippen LogP contribution in [0.5, 0.6) is 5.75 Å². The van der Waals surface area contributed by atoms with Crippen LogP contribution >= 0.6 is 34.2 Å². The van der Waals surface area contributed by atoms with Gasteiger partial charge in [0, 0.05) is 14.7 Å². The lowest BCUT2D eigenvalue weighted by Gasteiger charge is -2.05. The summed E-state index contributed by atoms with van der Waals surface area (Å²) >= 11 is 8.21. The number of ketones is 1. The fourth-order valence-electron chi connectivity index (χ4n) is 1.57. The Hall–Kier alpha value is -1.07. The van der Waals surface area contributed by atoms with Crippen LogP contribution in [0.25, 0.3) is 0 Å². The van der Waals surface area contributed by atoms with Gasteiger partial charge in [0.1, 0.15) is 5.75 Å². The summed E-state index contributed by atoms with van der Waals surface area (Å²) in [6, 6.07) is 12.4. The van der Waals surface area contributed by atoms with E-state index in [1.807, 2.05) is 6.07 Å². The maximum absolute atomic E-state index is 12.3. The fourth-order valence-corrected chi connectivity index (χ4v) is 2.26. The normalized spacial score (nSPS) is 10.2. The van der Waals surface area contributed by atoms with Gasteiger partial charge in [-0.1, -0.05) is 11.6 Å². The van der Waals surface area contributed by atoms with Crippen LogP contribution in [-0.2, 0) is 0 Å². The molecule has 0 unspecified atom stereocenters. The number of ether oxygens (including phenoxy) is 1. The molecular formula is C14H10ClIO2. The number of halogens is 2. The van der Waals surface area contributed by atoms with Gasteiger partial charge in [0.05, 0.1) is 12.1 Å². The lowest BCUT2D eigenvalue weighted by atomic mass is 10.0. The smallest absolute Gasteiger partial charge is 0.194 e. The molecule has 0 atom stereocenters. The van der Waals surface area contributed by atoms with E-state index < -0.39 is 0 Å². The first-order valence-electron chi connectivity index (χ1n) is 5.25. The molecular weight excluding hydrogens is 363 g/mol. The van der Waals surface area contributed by atoms with E-state index >= 15 is 0 Å². The van der Waals surface area contributed by atoms with Crippen LogP contribution in [0.3, 0.4) is 0 Å².